The van der Waals surface area contributed by atoms with E-state index in [1.54, 1.807) is 23.5 Å². The minimum absolute atomic E-state index is 0. The van der Waals surface area contributed by atoms with Crippen molar-refractivity contribution in [2.24, 2.45) is 0 Å². The zero-order chi connectivity index (χ0) is 8.65. The Morgan fingerprint density at radius 2 is 1.77 bits per heavy atom. The van der Waals surface area contributed by atoms with Crippen LogP contribution < -0.4 is 5.11 Å². The summed E-state index contributed by atoms with van der Waals surface area (Å²) in [5, 5.41) is 15.2. The van der Waals surface area contributed by atoms with Gasteiger partial charge in [0.2, 0.25) is 0 Å². The average molecular weight is 235 g/mol. The molecule has 3 heteroatoms. The summed E-state index contributed by atoms with van der Waals surface area (Å²) in [7, 11) is 0. The van der Waals surface area contributed by atoms with E-state index in [1.807, 2.05) is 23.6 Å². The molecular weight excluding hydrogens is 227 g/mol. The number of para-hydroxylation sites is 1. The van der Waals surface area contributed by atoms with Crippen molar-refractivity contribution in [3.8, 4) is 5.75 Å². The molecule has 0 spiro atoms. The van der Waals surface area contributed by atoms with Crippen LogP contribution in [-0.4, -0.2) is 0 Å². The van der Waals surface area contributed by atoms with Crippen molar-refractivity contribution in [2.75, 3.05) is 0 Å². The third-order valence-corrected chi connectivity index (χ3v) is 1.69. The zero-order valence-corrected chi connectivity index (χ0v) is 8.56. The first-order chi connectivity index (χ1) is 5.89. The number of rotatable bonds is 0. The zero-order valence-electron chi connectivity index (χ0n) is 6.75. The second kappa shape index (κ2) is 7.84. The molecule has 2 aromatic rings. The van der Waals surface area contributed by atoms with Gasteiger partial charge in [-0.2, -0.15) is 0 Å². The Balaban J connectivity index is 0.000000215. The molecule has 13 heavy (non-hydrogen) atoms. The monoisotopic (exact) mass is 234 g/mol. The third-order valence-electron chi connectivity index (χ3n) is 1.12. The minimum atomic E-state index is 0. The van der Waals surface area contributed by atoms with E-state index in [-0.39, 0.29) is 22.2 Å². The van der Waals surface area contributed by atoms with Crippen LogP contribution in [0.5, 0.6) is 5.75 Å². The molecule has 0 fully saturated rings. The molecule has 0 saturated heterocycles. The van der Waals surface area contributed by atoms with Gasteiger partial charge in [-0.15, -0.1) is 17.1 Å². The van der Waals surface area contributed by atoms with E-state index in [0.717, 1.165) is 0 Å². The normalized spacial score (nSPS) is 7.69. The second-order valence-electron chi connectivity index (χ2n) is 2.04. The maximum absolute atomic E-state index is 10.3. The van der Waals surface area contributed by atoms with Crippen LogP contribution in [0, 0.1) is 5.38 Å². The van der Waals surface area contributed by atoms with E-state index in [4.69, 9.17) is 0 Å². The van der Waals surface area contributed by atoms with Crippen LogP contribution in [0.1, 0.15) is 0 Å². The Morgan fingerprint density at radius 1 is 1.08 bits per heavy atom. The first-order valence-corrected chi connectivity index (χ1v) is 4.39. The molecule has 1 nitrogen and oxygen atoms in total. The number of benzene rings is 1. The van der Waals surface area contributed by atoms with Crippen LogP contribution >= 0.6 is 11.3 Å². The van der Waals surface area contributed by atoms with E-state index in [2.05, 4.69) is 5.38 Å². The fourth-order valence-corrected chi connectivity index (χ4v) is 1.01. The Labute approximate surface area is 92.0 Å². The van der Waals surface area contributed by atoms with Gasteiger partial charge in [0.1, 0.15) is 0 Å². The average Bonchev–Trinajstić information content (AvgIpc) is 2.62. The van der Waals surface area contributed by atoms with E-state index in [1.165, 1.54) is 12.1 Å². The first kappa shape index (κ1) is 12.2. The summed E-state index contributed by atoms with van der Waals surface area (Å²) in [5.74, 6) is 0.0718. The molecule has 0 amide bonds. The molecule has 71 valence electrons. The Morgan fingerprint density at radius 3 is 2.00 bits per heavy atom. The summed E-state index contributed by atoms with van der Waals surface area (Å²) < 4.78 is 0. The van der Waals surface area contributed by atoms with E-state index in [9.17, 15) is 5.11 Å². The molecule has 0 aliphatic carbocycles. The molecule has 1 radical (unpaired) electrons. The Kier molecular flexibility index (Phi) is 7.37. The summed E-state index contributed by atoms with van der Waals surface area (Å²) in [6, 6.07) is 12.2. The Hall–Kier alpha value is -0.786. The predicted molar refractivity (Wildman–Crippen MR) is 49.0 cm³/mol. The van der Waals surface area contributed by atoms with E-state index < -0.39 is 0 Å². The van der Waals surface area contributed by atoms with Crippen molar-refractivity contribution >= 4 is 11.3 Å². The smallest absolute Gasteiger partial charge is 0.0442 e. The molecule has 0 saturated carbocycles. The molecule has 1 aromatic carbocycles. The van der Waals surface area contributed by atoms with Crippen LogP contribution in [0.3, 0.4) is 0 Å². The van der Waals surface area contributed by atoms with Crippen molar-refractivity contribution in [3.05, 3.63) is 53.2 Å². The van der Waals surface area contributed by atoms with Crippen LogP contribution in [0.2, 0.25) is 0 Å². The summed E-state index contributed by atoms with van der Waals surface area (Å²) in [6.07, 6.45) is 0. The van der Waals surface area contributed by atoms with Gasteiger partial charge in [0.15, 0.2) is 0 Å². The van der Waals surface area contributed by atoms with Crippen LogP contribution in [0.25, 0.3) is 0 Å². The number of thiophene rings is 1. The van der Waals surface area contributed by atoms with Gasteiger partial charge in [-0.25, -0.2) is 0 Å². The van der Waals surface area contributed by atoms with E-state index in [0.29, 0.717) is 0 Å². The third kappa shape index (κ3) is 6.38. The fraction of sp³-hybridized carbons (Fsp3) is 0. The standard InChI is InChI=1S/C6H6O.C4H3S.Ni/c7-6-4-2-1-3-5-6;1-2-4-5-3-1;/h1-5,7H;1-3H;/p-1. The van der Waals surface area contributed by atoms with Gasteiger partial charge >= 0.3 is 0 Å². The summed E-state index contributed by atoms with van der Waals surface area (Å²) in [4.78, 5) is 0. The topological polar surface area (TPSA) is 23.1 Å². The molecule has 0 unspecified atom stereocenters. The summed E-state index contributed by atoms with van der Waals surface area (Å²) in [6.45, 7) is 0. The molecule has 0 aliphatic rings. The number of hydrogen-bond donors (Lipinski definition) is 0. The van der Waals surface area contributed by atoms with Gasteiger partial charge in [0.05, 0.1) is 0 Å². The fourth-order valence-electron chi connectivity index (χ4n) is 0.617. The summed E-state index contributed by atoms with van der Waals surface area (Å²) in [5.41, 5.74) is 0. The molecule has 0 bridgehead atoms. The molecule has 2 rings (SSSR count). The van der Waals surface area contributed by atoms with Crippen LogP contribution in [0.15, 0.2) is 47.8 Å². The molecule has 1 heterocycles. The van der Waals surface area contributed by atoms with Crippen molar-refractivity contribution in [2.45, 2.75) is 0 Å². The van der Waals surface area contributed by atoms with Crippen LogP contribution in [0.4, 0.5) is 0 Å². The van der Waals surface area contributed by atoms with Crippen molar-refractivity contribution in [1.29, 1.82) is 0 Å². The minimum Gasteiger partial charge on any atom is -0.872 e. The Bertz CT molecular complexity index is 264. The van der Waals surface area contributed by atoms with Crippen molar-refractivity contribution in [3.63, 3.8) is 0 Å². The van der Waals surface area contributed by atoms with Gasteiger partial charge in [0.25, 0.3) is 0 Å². The largest absolute Gasteiger partial charge is 0.872 e. The maximum Gasteiger partial charge on any atom is 0.0442 e. The predicted octanol–water partition coefficient (Wildman–Crippen LogP) is 2.31. The quantitative estimate of drug-likeness (QED) is 0.642. The number of hydrogen-bond acceptors (Lipinski definition) is 2. The SMILES string of the molecule is [Ni].[O-]c1ccccc1.[c]1cccs1. The van der Waals surface area contributed by atoms with Crippen molar-refractivity contribution in [1.82, 2.24) is 0 Å². The molecular formula is C10H8NiOS-. The molecule has 0 aliphatic heterocycles. The van der Waals surface area contributed by atoms with Gasteiger partial charge in [-0.3, -0.25) is 0 Å². The van der Waals surface area contributed by atoms with Gasteiger partial charge in [-0.05, 0) is 11.4 Å². The molecule has 0 N–H and O–H groups in total. The first-order valence-electron chi connectivity index (χ1n) is 3.51. The van der Waals surface area contributed by atoms with Gasteiger partial charge < -0.3 is 5.11 Å². The molecule has 1 aromatic heterocycles. The maximum atomic E-state index is 10.3. The van der Waals surface area contributed by atoms with Gasteiger partial charge in [0, 0.05) is 21.9 Å². The van der Waals surface area contributed by atoms with Crippen LogP contribution in [-0.2, 0) is 16.5 Å². The second-order valence-corrected chi connectivity index (χ2v) is 2.79. The molecule has 0 atom stereocenters. The van der Waals surface area contributed by atoms with Gasteiger partial charge in [-0.1, -0.05) is 36.4 Å². The van der Waals surface area contributed by atoms with Crippen molar-refractivity contribution < 1.29 is 21.6 Å². The summed E-state index contributed by atoms with van der Waals surface area (Å²) >= 11 is 1.59. The van der Waals surface area contributed by atoms with E-state index >= 15 is 0 Å².